The van der Waals surface area contributed by atoms with E-state index in [1.165, 1.54) is 0 Å². The van der Waals surface area contributed by atoms with Gasteiger partial charge in [0.25, 0.3) is 5.91 Å². The predicted octanol–water partition coefficient (Wildman–Crippen LogP) is 2.44. The summed E-state index contributed by atoms with van der Waals surface area (Å²) >= 11 is 0. The number of hydrogen-bond donors (Lipinski definition) is 1. The number of phenolic OH excluding ortho intramolecular Hbond substituents is 1. The monoisotopic (exact) mass is 319 g/mol. The number of hydrogen-bond acceptors (Lipinski definition) is 4. The Morgan fingerprint density at radius 1 is 1.43 bits per heavy atom. The third-order valence-corrected chi connectivity index (χ3v) is 4.96. The molecule has 0 aromatic heterocycles. The van der Waals surface area contributed by atoms with Crippen molar-refractivity contribution in [3.05, 3.63) is 29.8 Å². The SMILES string of the molecule is COCC[C@@H]1CO[C@]2(CCCN(C(=O)c3ccc(O)cc3)C2)C1. The summed E-state index contributed by atoms with van der Waals surface area (Å²) < 4.78 is 11.3. The summed E-state index contributed by atoms with van der Waals surface area (Å²) in [6.45, 7) is 2.97. The van der Waals surface area contributed by atoms with Crippen LogP contribution in [0.25, 0.3) is 0 Å². The van der Waals surface area contributed by atoms with E-state index in [9.17, 15) is 9.90 Å². The van der Waals surface area contributed by atoms with Crippen LogP contribution < -0.4 is 0 Å². The first kappa shape index (κ1) is 16.3. The number of ether oxygens (including phenoxy) is 2. The minimum absolute atomic E-state index is 0.0213. The predicted molar refractivity (Wildman–Crippen MR) is 86.5 cm³/mol. The fourth-order valence-corrected chi connectivity index (χ4v) is 3.75. The largest absolute Gasteiger partial charge is 0.508 e. The van der Waals surface area contributed by atoms with Crippen molar-refractivity contribution < 1.29 is 19.4 Å². The fraction of sp³-hybridized carbons (Fsp3) is 0.611. The molecule has 1 N–H and O–H groups in total. The molecule has 1 spiro atoms. The molecule has 2 aliphatic heterocycles. The van der Waals surface area contributed by atoms with Gasteiger partial charge in [-0.05, 0) is 55.9 Å². The Bertz CT molecular complexity index is 544. The number of likely N-dealkylation sites (tertiary alicyclic amines) is 1. The molecule has 2 aliphatic rings. The first-order valence-electron chi connectivity index (χ1n) is 8.33. The van der Waals surface area contributed by atoms with Gasteiger partial charge >= 0.3 is 0 Å². The molecular formula is C18H25NO4. The Labute approximate surface area is 137 Å². The molecule has 0 radical (unpaired) electrons. The summed E-state index contributed by atoms with van der Waals surface area (Å²) in [4.78, 5) is 14.6. The quantitative estimate of drug-likeness (QED) is 0.926. The van der Waals surface area contributed by atoms with E-state index in [0.29, 0.717) is 18.0 Å². The van der Waals surface area contributed by atoms with Gasteiger partial charge in [-0.2, -0.15) is 0 Å². The number of amides is 1. The van der Waals surface area contributed by atoms with Gasteiger partial charge in [0.1, 0.15) is 5.75 Å². The number of benzene rings is 1. The minimum Gasteiger partial charge on any atom is -0.508 e. The zero-order valence-corrected chi connectivity index (χ0v) is 13.7. The highest BCUT2D eigenvalue weighted by Gasteiger charge is 2.44. The van der Waals surface area contributed by atoms with Crippen molar-refractivity contribution in [1.82, 2.24) is 4.90 Å². The number of carbonyl (C=O) groups is 1. The standard InChI is InChI=1S/C18H25NO4/c1-22-10-7-14-11-18(23-12-14)8-2-9-19(13-18)17(21)15-3-5-16(20)6-4-15/h3-6,14,20H,2,7-13H2,1H3/t14-,18+/m0/s1. The van der Waals surface area contributed by atoms with Crippen LogP contribution in [-0.2, 0) is 9.47 Å². The van der Waals surface area contributed by atoms with Gasteiger partial charge in [0.05, 0.1) is 12.2 Å². The summed E-state index contributed by atoms with van der Waals surface area (Å²) in [7, 11) is 1.73. The number of methoxy groups -OCH3 is 1. The van der Waals surface area contributed by atoms with Crippen LogP contribution in [0.2, 0.25) is 0 Å². The van der Waals surface area contributed by atoms with Crippen molar-refractivity contribution in [3.8, 4) is 5.75 Å². The molecule has 1 aromatic rings. The molecule has 1 amide bonds. The Morgan fingerprint density at radius 3 is 2.96 bits per heavy atom. The summed E-state index contributed by atoms with van der Waals surface area (Å²) in [5.74, 6) is 0.725. The minimum atomic E-state index is -0.177. The highest BCUT2D eigenvalue weighted by molar-refractivity contribution is 5.94. The van der Waals surface area contributed by atoms with E-state index >= 15 is 0 Å². The van der Waals surface area contributed by atoms with Crippen molar-refractivity contribution in [3.63, 3.8) is 0 Å². The van der Waals surface area contributed by atoms with Crippen molar-refractivity contribution in [2.75, 3.05) is 33.4 Å². The highest BCUT2D eigenvalue weighted by Crippen LogP contribution is 2.39. The molecule has 2 atom stereocenters. The number of nitrogens with zero attached hydrogens (tertiary/aromatic N) is 1. The summed E-state index contributed by atoms with van der Waals surface area (Å²) in [5, 5.41) is 9.36. The molecule has 23 heavy (non-hydrogen) atoms. The van der Waals surface area contributed by atoms with Crippen LogP contribution in [0.15, 0.2) is 24.3 Å². The van der Waals surface area contributed by atoms with Gasteiger partial charge in [0.15, 0.2) is 0 Å². The maximum atomic E-state index is 12.7. The lowest BCUT2D eigenvalue weighted by Crippen LogP contribution is -2.50. The third kappa shape index (κ3) is 3.67. The van der Waals surface area contributed by atoms with Gasteiger partial charge in [0, 0.05) is 32.4 Å². The number of piperidine rings is 1. The Balaban J connectivity index is 1.64. The molecule has 2 heterocycles. The van der Waals surface area contributed by atoms with Crippen LogP contribution in [0.5, 0.6) is 5.75 Å². The molecule has 2 saturated heterocycles. The number of carbonyl (C=O) groups excluding carboxylic acids is 1. The van der Waals surface area contributed by atoms with Crippen molar-refractivity contribution in [2.24, 2.45) is 5.92 Å². The van der Waals surface area contributed by atoms with Crippen LogP contribution in [0.1, 0.15) is 36.0 Å². The summed E-state index contributed by atoms with van der Waals surface area (Å²) in [6, 6.07) is 6.46. The van der Waals surface area contributed by atoms with E-state index in [-0.39, 0.29) is 17.3 Å². The van der Waals surface area contributed by atoms with Crippen molar-refractivity contribution in [1.29, 1.82) is 0 Å². The Hall–Kier alpha value is -1.59. The topological polar surface area (TPSA) is 59.0 Å². The summed E-state index contributed by atoms with van der Waals surface area (Å²) in [6.07, 6.45) is 4.02. The first-order chi connectivity index (χ1) is 11.1. The Kier molecular flexibility index (Phi) is 4.87. The average Bonchev–Trinajstić information content (AvgIpc) is 2.95. The zero-order chi connectivity index (χ0) is 16.3. The van der Waals surface area contributed by atoms with E-state index in [1.54, 1.807) is 31.4 Å². The van der Waals surface area contributed by atoms with Gasteiger partial charge < -0.3 is 19.5 Å². The molecule has 3 rings (SSSR count). The van der Waals surface area contributed by atoms with E-state index < -0.39 is 0 Å². The second kappa shape index (κ2) is 6.89. The third-order valence-electron chi connectivity index (χ3n) is 4.96. The fourth-order valence-electron chi connectivity index (χ4n) is 3.75. The molecule has 126 valence electrons. The van der Waals surface area contributed by atoms with Gasteiger partial charge in [0.2, 0.25) is 0 Å². The van der Waals surface area contributed by atoms with Crippen LogP contribution in [0.3, 0.4) is 0 Å². The second-order valence-electron chi connectivity index (χ2n) is 6.72. The molecule has 0 unspecified atom stereocenters. The van der Waals surface area contributed by atoms with Crippen LogP contribution in [0.4, 0.5) is 0 Å². The molecule has 5 nitrogen and oxygen atoms in total. The molecule has 1 aromatic carbocycles. The van der Waals surface area contributed by atoms with Crippen LogP contribution in [-0.4, -0.2) is 54.9 Å². The average molecular weight is 319 g/mol. The van der Waals surface area contributed by atoms with E-state index in [0.717, 1.165) is 45.4 Å². The van der Waals surface area contributed by atoms with E-state index in [4.69, 9.17) is 9.47 Å². The highest BCUT2D eigenvalue weighted by atomic mass is 16.5. The smallest absolute Gasteiger partial charge is 0.253 e. The maximum Gasteiger partial charge on any atom is 0.253 e. The lowest BCUT2D eigenvalue weighted by molar-refractivity contribution is -0.0450. The van der Waals surface area contributed by atoms with E-state index in [2.05, 4.69) is 0 Å². The molecule has 0 aliphatic carbocycles. The molecule has 0 bridgehead atoms. The van der Waals surface area contributed by atoms with Crippen LogP contribution in [0, 0.1) is 5.92 Å². The molecule has 0 saturated carbocycles. The van der Waals surface area contributed by atoms with Crippen molar-refractivity contribution >= 4 is 5.91 Å². The number of aromatic hydroxyl groups is 1. The van der Waals surface area contributed by atoms with Gasteiger partial charge in [-0.3, -0.25) is 4.79 Å². The van der Waals surface area contributed by atoms with E-state index in [1.807, 2.05) is 4.90 Å². The van der Waals surface area contributed by atoms with Gasteiger partial charge in [-0.25, -0.2) is 0 Å². The Morgan fingerprint density at radius 2 is 2.22 bits per heavy atom. The second-order valence-corrected chi connectivity index (χ2v) is 6.72. The van der Waals surface area contributed by atoms with Gasteiger partial charge in [-0.1, -0.05) is 0 Å². The molecular weight excluding hydrogens is 294 g/mol. The lowest BCUT2D eigenvalue weighted by atomic mass is 9.85. The zero-order valence-electron chi connectivity index (χ0n) is 13.7. The van der Waals surface area contributed by atoms with Crippen molar-refractivity contribution in [2.45, 2.75) is 31.3 Å². The first-order valence-corrected chi connectivity index (χ1v) is 8.33. The number of rotatable bonds is 4. The van der Waals surface area contributed by atoms with Gasteiger partial charge in [-0.15, -0.1) is 0 Å². The normalized spacial score (nSPS) is 27.5. The number of phenols is 1. The summed E-state index contributed by atoms with van der Waals surface area (Å²) in [5.41, 5.74) is 0.442. The maximum absolute atomic E-state index is 12.7. The molecule has 5 heteroatoms. The van der Waals surface area contributed by atoms with Crippen LogP contribution >= 0.6 is 0 Å². The lowest BCUT2D eigenvalue weighted by Gasteiger charge is -2.40. The molecule has 2 fully saturated rings.